The van der Waals surface area contributed by atoms with E-state index < -0.39 is 23.1 Å². The molecule has 2 heterocycles. The van der Waals surface area contributed by atoms with Gasteiger partial charge < -0.3 is 24.5 Å². The lowest BCUT2D eigenvalue weighted by molar-refractivity contribution is -0.156. The maximum atomic E-state index is 13.3. The number of phenols is 1. The highest BCUT2D eigenvalue weighted by Gasteiger charge is 2.74. The molecule has 1 N–H and O–H groups in total. The minimum absolute atomic E-state index is 0.123. The van der Waals surface area contributed by atoms with Crippen LogP contribution in [0.1, 0.15) is 41.5 Å². The molecule has 2 fully saturated rings. The lowest BCUT2D eigenvalue weighted by Crippen LogP contribution is -2.81. The molecule has 6 rings (SSSR count). The van der Waals surface area contributed by atoms with Crippen LogP contribution < -0.4 is 4.74 Å². The molecule has 39 heavy (non-hydrogen) atoms. The molecular formula is C30H32F3N3O3. The summed E-state index contributed by atoms with van der Waals surface area (Å²) in [5.41, 5.74) is 1.22. The Morgan fingerprint density at radius 3 is 2.51 bits per heavy atom. The number of piperidine rings is 1. The number of aromatic hydroxyl groups is 1. The van der Waals surface area contributed by atoms with Crippen molar-refractivity contribution >= 4 is 5.91 Å². The number of halogens is 3. The third-order valence-corrected chi connectivity index (χ3v) is 9.84. The summed E-state index contributed by atoms with van der Waals surface area (Å²) in [6.45, 7) is 0.882. The monoisotopic (exact) mass is 539 g/mol. The molecule has 2 aromatic rings. The molecule has 1 amide bonds. The molecule has 0 radical (unpaired) electrons. The Bertz CT molecular complexity index is 1400. The molecule has 2 aromatic carbocycles. The van der Waals surface area contributed by atoms with E-state index >= 15 is 0 Å². The number of hydrogen-bond acceptors (Lipinski definition) is 5. The number of alkyl halides is 3. The second kappa shape index (κ2) is 8.64. The van der Waals surface area contributed by atoms with Gasteiger partial charge in [0.15, 0.2) is 11.5 Å². The maximum Gasteiger partial charge on any atom is 0.416 e. The predicted molar refractivity (Wildman–Crippen MR) is 139 cm³/mol. The van der Waals surface area contributed by atoms with Gasteiger partial charge in [0.25, 0.3) is 5.91 Å². The normalized spacial score (nSPS) is 30.7. The molecule has 1 spiro atoms. The van der Waals surface area contributed by atoms with Crippen molar-refractivity contribution < 1.29 is 27.8 Å². The molecular weight excluding hydrogens is 507 g/mol. The van der Waals surface area contributed by atoms with Crippen LogP contribution in [-0.4, -0.2) is 84.2 Å². The number of benzene rings is 2. The van der Waals surface area contributed by atoms with E-state index in [9.17, 15) is 23.1 Å². The largest absolute Gasteiger partial charge is 0.504 e. The number of nitrogens with zero attached hydrogens (tertiary/aromatic N) is 3. The highest BCUT2D eigenvalue weighted by molar-refractivity contribution is 5.94. The number of carbonyl (C=O) groups excluding carboxylic acids is 1. The SMILES string of the molecule is CN1CC[C@]23c4c5ccc(O)c4O[C@H]2[C@H](N(C)C(=O)C#Cc2ccc(C(F)(F)F)cc2)CC[C@@]3(N(C)C)[C@H]1C5. The van der Waals surface area contributed by atoms with Crippen LogP contribution >= 0.6 is 0 Å². The molecule has 1 saturated heterocycles. The van der Waals surface area contributed by atoms with Gasteiger partial charge in [-0.1, -0.05) is 12.0 Å². The Kier molecular flexibility index (Phi) is 5.76. The summed E-state index contributed by atoms with van der Waals surface area (Å²) in [5.74, 6) is 5.60. The second-order valence-electron chi connectivity index (χ2n) is 11.6. The summed E-state index contributed by atoms with van der Waals surface area (Å²) < 4.78 is 45.3. The molecule has 4 aliphatic rings. The van der Waals surface area contributed by atoms with Gasteiger partial charge in [-0.3, -0.25) is 4.79 Å². The fourth-order valence-corrected chi connectivity index (χ4v) is 8.15. The predicted octanol–water partition coefficient (Wildman–Crippen LogP) is 3.64. The van der Waals surface area contributed by atoms with Crippen LogP contribution in [0.3, 0.4) is 0 Å². The molecule has 206 valence electrons. The fraction of sp³-hybridized carbons (Fsp3) is 0.500. The van der Waals surface area contributed by atoms with E-state index in [0.717, 1.165) is 43.5 Å². The van der Waals surface area contributed by atoms with Gasteiger partial charge in [0, 0.05) is 35.7 Å². The summed E-state index contributed by atoms with van der Waals surface area (Å²) in [7, 11) is 8.15. The quantitative estimate of drug-likeness (QED) is 0.591. The van der Waals surface area contributed by atoms with Gasteiger partial charge >= 0.3 is 6.18 Å². The van der Waals surface area contributed by atoms with Crippen molar-refractivity contribution in [2.75, 3.05) is 34.7 Å². The van der Waals surface area contributed by atoms with E-state index in [2.05, 4.69) is 42.8 Å². The lowest BCUT2D eigenvalue weighted by atomic mass is 9.46. The minimum Gasteiger partial charge on any atom is -0.504 e. The highest BCUT2D eigenvalue weighted by atomic mass is 19.4. The van der Waals surface area contributed by atoms with E-state index in [1.165, 1.54) is 17.7 Å². The molecule has 0 unspecified atom stereocenters. The van der Waals surface area contributed by atoms with Crippen LogP contribution in [0.4, 0.5) is 13.2 Å². The third-order valence-electron chi connectivity index (χ3n) is 9.84. The number of rotatable bonds is 2. The second-order valence-corrected chi connectivity index (χ2v) is 11.6. The van der Waals surface area contributed by atoms with Gasteiger partial charge in [-0.25, -0.2) is 0 Å². The van der Waals surface area contributed by atoms with Crippen LogP contribution in [0.25, 0.3) is 0 Å². The van der Waals surface area contributed by atoms with Crippen molar-refractivity contribution in [3.8, 4) is 23.3 Å². The summed E-state index contributed by atoms with van der Waals surface area (Å²) >= 11 is 0. The molecule has 1 saturated carbocycles. The van der Waals surface area contributed by atoms with E-state index in [4.69, 9.17) is 4.74 Å². The van der Waals surface area contributed by atoms with Crippen molar-refractivity contribution in [3.63, 3.8) is 0 Å². The number of ether oxygens (including phenoxy) is 1. The molecule has 2 aliphatic carbocycles. The standard InChI is InChI=1S/C30H32F3N3O3/c1-34(2)29-14-13-21(36(4)24(38)12-7-18-5-9-20(10-6-18)30(31,32)33)27-28(29)15-16-35(3)23(29)17-19-8-11-22(37)26(39-27)25(19)28/h5-6,8-11,21,23,27,37H,13-17H2,1-4H3/t21-,23-,27+,28+,29-/m1/s1. The zero-order valence-electron chi connectivity index (χ0n) is 22.5. The molecule has 0 aromatic heterocycles. The van der Waals surface area contributed by atoms with Crippen LogP contribution in [-0.2, 0) is 22.8 Å². The first-order chi connectivity index (χ1) is 18.4. The molecule has 9 heteroatoms. The van der Waals surface area contributed by atoms with Crippen LogP contribution in [0.15, 0.2) is 36.4 Å². The first-order valence-corrected chi connectivity index (χ1v) is 13.3. The van der Waals surface area contributed by atoms with E-state index in [0.29, 0.717) is 17.7 Å². The minimum atomic E-state index is -4.43. The topological polar surface area (TPSA) is 56.3 Å². The molecule has 6 nitrogen and oxygen atoms in total. The summed E-state index contributed by atoms with van der Waals surface area (Å²) in [5, 5.41) is 10.9. The Morgan fingerprint density at radius 2 is 1.85 bits per heavy atom. The van der Waals surface area contributed by atoms with Crippen molar-refractivity contribution in [1.29, 1.82) is 0 Å². The Labute approximate surface area is 226 Å². The first-order valence-electron chi connectivity index (χ1n) is 13.3. The third kappa shape index (κ3) is 3.47. The average molecular weight is 540 g/mol. The average Bonchev–Trinajstić information content (AvgIpc) is 3.25. The number of phenolic OH excluding ortho intramolecular Hbond substituents is 1. The van der Waals surface area contributed by atoms with Crippen molar-refractivity contribution in [2.45, 2.75) is 61.0 Å². The zero-order chi connectivity index (χ0) is 27.9. The molecule has 2 bridgehead atoms. The lowest BCUT2D eigenvalue weighted by Gasteiger charge is -2.68. The van der Waals surface area contributed by atoms with E-state index in [1.54, 1.807) is 18.0 Å². The zero-order valence-corrected chi connectivity index (χ0v) is 22.5. The van der Waals surface area contributed by atoms with E-state index in [-0.39, 0.29) is 29.5 Å². The van der Waals surface area contributed by atoms with Gasteiger partial charge in [0.2, 0.25) is 0 Å². The number of likely N-dealkylation sites (tertiary alicyclic amines) is 1. The van der Waals surface area contributed by atoms with Gasteiger partial charge in [-0.2, -0.15) is 13.2 Å². The fourth-order valence-electron chi connectivity index (χ4n) is 8.15. The van der Waals surface area contributed by atoms with Crippen molar-refractivity contribution in [2.24, 2.45) is 0 Å². The Hall–Kier alpha value is -3.22. The van der Waals surface area contributed by atoms with Crippen LogP contribution in [0.5, 0.6) is 11.5 Å². The van der Waals surface area contributed by atoms with Crippen LogP contribution in [0.2, 0.25) is 0 Å². The number of likely N-dealkylation sites (N-methyl/N-ethyl adjacent to an activating group) is 3. The number of amides is 1. The molecule has 5 atom stereocenters. The number of carbonyl (C=O) groups is 1. The number of hydrogen-bond donors (Lipinski definition) is 1. The van der Waals surface area contributed by atoms with Crippen molar-refractivity contribution in [1.82, 2.24) is 14.7 Å². The van der Waals surface area contributed by atoms with Gasteiger partial charge in [0.05, 0.1) is 17.0 Å². The van der Waals surface area contributed by atoms with Gasteiger partial charge in [-0.15, -0.1) is 0 Å². The Balaban J connectivity index is 1.37. The van der Waals surface area contributed by atoms with Gasteiger partial charge in [0.1, 0.15) is 6.10 Å². The molecule has 2 aliphatic heterocycles. The van der Waals surface area contributed by atoms with Gasteiger partial charge in [-0.05, 0) is 89.3 Å². The highest BCUT2D eigenvalue weighted by Crippen LogP contribution is 2.66. The summed E-state index contributed by atoms with van der Waals surface area (Å²) in [6.07, 6.45) is -1.55. The van der Waals surface area contributed by atoms with Crippen molar-refractivity contribution in [3.05, 3.63) is 58.7 Å². The smallest absolute Gasteiger partial charge is 0.416 e. The summed E-state index contributed by atoms with van der Waals surface area (Å²) in [4.78, 5) is 19.7. The van der Waals surface area contributed by atoms with E-state index in [1.807, 2.05) is 6.07 Å². The summed E-state index contributed by atoms with van der Waals surface area (Å²) in [6, 6.07) is 8.18. The maximum absolute atomic E-state index is 13.3. The Morgan fingerprint density at radius 1 is 1.13 bits per heavy atom. The van der Waals surface area contributed by atoms with Crippen LogP contribution in [0, 0.1) is 11.8 Å². The first kappa shape index (κ1) is 26.0.